The molecule has 2 N–H and O–H groups in total. The molecule has 2 aromatic rings. The van der Waals surface area contributed by atoms with Crippen LogP contribution < -0.4 is 5.32 Å². The van der Waals surface area contributed by atoms with Gasteiger partial charge in [0, 0.05) is 11.7 Å². The summed E-state index contributed by atoms with van der Waals surface area (Å²) >= 11 is 1.39. The van der Waals surface area contributed by atoms with Gasteiger partial charge in [0.25, 0.3) is 0 Å². The van der Waals surface area contributed by atoms with Crippen molar-refractivity contribution < 1.29 is 24.2 Å². The Morgan fingerprint density at radius 3 is 2.30 bits per heavy atom. The molecule has 2 aromatic carbocycles. The molecule has 33 heavy (non-hydrogen) atoms. The SMILES string of the molecule is CCCC(C)(NC(=O)OCC1c2ccccc2-c2ccccc21)C(=O)N1CSCC1C(=O)O. The second-order valence-corrected chi connectivity index (χ2v) is 9.66. The lowest BCUT2D eigenvalue weighted by Gasteiger charge is -2.34. The number of alkyl carbamates (subject to hydrolysis) is 1. The Hall–Kier alpha value is -3.00. The number of ether oxygens (including phenoxy) is 1. The number of hydrogen-bond acceptors (Lipinski definition) is 5. The molecule has 2 amide bonds. The third kappa shape index (κ3) is 4.44. The van der Waals surface area contributed by atoms with E-state index in [1.54, 1.807) is 6.92 Å². The highest BCUT2D eigenvalue weighted by molar-refractivity contribution is 7.99. The summed E-state index contributed by atoms with van der Waals surface area (Å²) in [6.07, 6.45) is 0.341. The van der Waals surface area contributed by atoms with Crippen LogP contribution in [-0.2, 0) is 14.3 Å². The zero-order valence-electron chi connectivity index (χ0n) is 18.7. The van der Waals surface area contributed by atoms with Gasteiger partial charge < -0.3 is 20.1 Å². The lowest BCUT2D eigenvalue weighted by atomic mass is 9.94. The Kier molecular flexibility index (Phi) is 6.65. The molecule has 0 bridgehead atoms. The number of nitrogens with one attached hydrogen (secondary N) is 1. The fraction of sp³-hybridized carbons (Fsp3) is 0.400. The van der Waals surface area contributed by atoms with Crippen LogP contribution in [0.2, 0.25) is 0 Å². The van der Waals surface area contributed by atoms with E-state index in [1.807, 2.05) is 43.3 Å². The van der Waals surface area contributed by atoms with E-state index in [4.69, 9.17) is 4.74 Å². The van der Waals surface area contributed by atoms with Crippen molar-refractivity contribution in [1.82, 2.24) is 10.2 Å². The number of carboxylic acid groups (broad SMARTS) is 1. The molecular weight excluding hydrogens is 440 g/mol. The summed E-state index contributed by atoms with van der Waals surface area (Å²) in [6.45, 7) is 3.70. The largest absolute Gasteiger partial charge is 0.480 e. The average Bonchev–Trinajstić information content (AvgIpc) is 3.41. The first-order valence-corrected chi connectivity index (χ1v) is 12.3. The highest BCUT2D eigenvalue weighted by Crippen LogP contribution is 2.44. The predicted octanol–water partition coefficient (Wildman–Crippen LogP) is 4.07. The first kappa shape index (κ1) is 23.2. The number of carbonyl (C=O) groups is 3. The second-order valence-electron chi connectivity index (χ2n) is 8.66. The molecule has 4 rings (SSSR count). The van der Waals surface area contributed by atoms with Gasteiger partial charge >= 0.3 is 12.1 Å². The van der Waals surface area contributed by atoms with Crippen molar-refractivity contribution in [3.8, 4) is 11.1 Å². The number of rotatable bonds is 7. The summed E-state index contributed by atoms with van der Waals surface area (Å²) in [5, 5.41) is 12.2. The molecule has 0 spiro atoms. The van der Waals surface area contributed by atoms with Gasteiger partial charge in [0.15, 0.2) is 0 Å². The molecular formula is C25H28N2O5S. The molecule has 8 heteroatoms. The van der Waals surface area contributed by atoms with Crippen LogP contribution in [0.25, 0.3) is 11.1 Å². The van der Waals surface area contributed by atoms with Crippen LogP contribution >= 0.6 is 11.8 Å². The molecule has 1 fully saturated rings. The standard InChI is InChI=1S/C25H28N2O5S/c1-3-12-25(2,23(30)27-15-33-14-21(27)22(28)29)26-24(31)32-13-20-18-10-6-4-8-16(18)17-9-5-7-11-19(17)20/h4-11,20-21H,3,12-15H2,1-2H3,(H,26,31)(H,28,29). The molecule has 1 saturated heterocycles. The number of fused-ring (bicyclic) bond motifs is 3. The van der Waals surface area contributed by atoms with E-state index in [9.17, 15) is 19.5 Å². The van der Waals surface area contributed by atoms with Crippen LogP contribution in [0.5, 0.6) is 0 Å². The number of hydrogen-bond donors (Lipinski definition) is 2. The van der Waals surface area contributed by atoms with Crippen LogP contribution in [-0.4, -0.2) is 57.8 Å². The molecule has 0 radical (unpaired) electrons. The van der Waals surface area contributed by atoms with Gasteiger partial charge in [0.2, 0.25) is 5.91 Å². The molecule has 0 aromatic heterocycles. The quantitative estimate of drug-likeness (QED) is 0.636. The average molecular weight is 469 g/mol. The summed E-state index contributed by atoms with van der Waals surface area (Å²) in [6, 6.07) is 15.3. The summed E-state index contributed by atoms with van der Waals surface area (Å²) in [4.78, 5) is 39.0. The van der Waals surface area contributed by atoms with Gasteiger partial charge in [-0.25, -0.2) is 9.59 Å². The first-order valence-electron chi connectivity index (χ1n) is 11.1. The fourth-order valence-corrected chi connectivity index (χ4v) is 5.89. The molecule has 1 aliphatic carbocycles. The van der Waals surface area contributed by atoms with Crippen molar-refractivity contribution in [2.75, 3.05) is 18.2 Å². The van der Waals surface area contributed by atoms with Gasteiger partial charge in [-0.1, -0.05) is 61.9 Å². The number of benzene rings is 2. The Morgan fingerprint density at radius 1 is 1.12 bits per heavy atom. The normalized spacial score (nSPS) is 18.8. The van der Waals surface area contributed by atoms with E-state index in [2.05, 4.69) is 17.4 Å². The van der Waals surface area contributed by atoms with Gasteiger partial charge in [-0.15, -0.1) is 11.8 Å². The molecule has 0 saturated carbocycles. The smallest absolute Gasteiger partial charge is 0.408 e. The summed E-state index contributed by atoms with van der Waals surface area (Å²) in [5.41, 5.74) is 3.25. The number of carbonyl (C=O) groups excluding carboxylic acids is 2. The number of amides is 2. The Morgan fingerprint density at radius 2 is 1.73 bits per heavy atom. The van der Waals surface area contributed by atoms with Gasteiger partial charge in [-0.2, -0.15) is 0 Å². The lowest BCUT2D eigenvalue weighted by Crippen LogP contribution is -2.59. The molecule has 7 nitrogen and oxygen atoms in total. The van der Waals surface area contributed by atoms with E-state index in [1.165, 1.54) is 16.7 Å². The van der Waals surface area contributed by atoms with Crippen molar-refractivity contribution in [3.63, 3.8) is 0 Å². The highest BCUT2D eigenvalue weighted by Gasteiger charge is 2.44. The summed E-state index contributed by atoms with van der Waals surface area (Å²) in [5.74, 6) is -0.873. The van der Waals surface area contributed by atoms with Crippen LogP contribution in [0.4, 0.5) is 4.79 Å². The molecule has 1 aliphatic heterocycles. The molecule has 2 aliphatic rings. The van der Waals surface area contributed by atoms with Crippen molar-refractivity contribution in [2.24, 2.45) is 0 Å². The number of aliphatic carboxylic acids is 1. The summed E-state index contributed by atoms with van der Waals surface area (Å²) in [7, 11) is 0. The molecule has 2 atom stereocenters. The third-order valence-electron chi connectivity index (χ3n) is 6.37. The first-order chi connectivity index (χ1) is 15.9. The molecule has 174 valence electrons. The van der Waals surface area contributed by atoms with E-state index in [0.717, 1.165) is 22.3 Å². The van der Waals surface area contributed by atoms with Crippen molar-refractivity contribution in [2.45, 2.75) is 44.2 Å². The minimum Gasteiger partial charge on any atom is -0.480 e. The van der Waals surface area contributed by atoms with Crippen LogP contribution in [0.15, 0.2) is 48.5 Å². The van der Waals surface area contributed by atoms with E-state index in [-0.39, 0.29) is 12.5 Å². The monoisotopic (exact) mass is 468 g/mol. The van der Waals surface area contributed by atoms with Crippen molar-refractivity contribution in [3.05, 3.63) is 59.7 Å². The number of nitrogens with zero attached hydrogens (tertiary/aromatic N) is 1. The Labute approximate surface area is 197 Å². The van der Waals surface area contributed by atoms with Crippen LogP contribution in [0.1, 0.15) is 43.7 Å². The molecule has 2 unspecified atom stereocenters. The van der Waals surface area contributed by atoms with Gasteiger partial charge in [-0.3, -0.25) is 4.79 Å². The summed E-state index contributed by atoms with van der Waals surface area (Å²) < 4.78 is 5.63. The predicted molar refractivity (Wildman–Crippen MR) is 127 cm³/mol. The highest BCUT2D eigenvalue weighted by atomic mass is 32.2. The topological polar surface area (TPSA) is 95.9 Å². The lowest BCUT2D eigenvalue weighted by molar-refractivity contribution is -0.150. The van der Waals surface area contributed by atoms with Crippen LogP contribution in [0.3, 0.4) is 0 Å². The Balaban J connectivity index is 1.47. The van der Waals surface area contributed by atoms with E-state index >= 15 is 0 Å². The van der Waals surface area contributed by atoms with Crippen LogP contribution in [0, 0.1) is 0 Å². The second kappa shape index (κ2) is 9.47. The van der Waals surface area contributed by atoms with Crippen molar-refractivity contribution in [1.29, 1.82) is 0 Å². The zero-order valence-corrected chi connectivity index (χ0v) is 19.6. The van der Waals surface area contributed by atoms with Gasteiger partial charge in [0.05, 0.1) is 5.88 Å². The van der Waals surface area contributed by atoms with Gasteiger partial charge in [-0.05, 0) is 35.6 Å². The van der Waals surface area contributed by atoms with Gasteiger partial charge in [0.1, 0.15) is 18.2 Å². The minimum absolute atomic E-state index is 0.0809. The maximum atomic E-state index is 13.3. The maximum Gasteiger partial charge on any atom is 0.408 e. The Bertz CT molecular complexity index is 1030. The molecule has 1 heterocycles. The van der Waals surface area contributed by atoms with E-state index < -0.39 is 29.6 Å². The minimum atomic E-state index is -1.24. The zero-order chi connectivity index (χ0) is 23.6. The number of thioether (sulfide) groups is 1. The number of carboxylic acids is 1. The van der Waals surface area contributed by atoms with Crippen molar-refractivity contribution >= 4 is 29.7 Å². The van der Waals surface area contributed by atoms with E-state index in [0.29, 0.717) is 24.5 Å². The third-order valence-corrected chi connectivity index (χ3v) is 7.38. The maximum absolute atomic E-state index is 13.3. The fourth-order valence-electron chi connectivity index (χ4n) is 4.75.